The first kappa shape index (κ1) is 13.2. The van der Waals surface area contributed by atoms with Crippen LogP contribution in [0.15, 0.2) is 18.2 Å². The molecule has 0 radical (unpaired) electrons. The van der Waals surface area contributed by atoms with Gasteiger partial charge in [-0.2, -0.15) is 0 Å². The third-order valence-electron chi connectivity index (χ3n) is 2.20. The summed E-state index contributed by atoms with van der Waals surface area (Å²) in [7, 11) is 1.52. The van der Waals surface area contributed by atoms with Crippen molar-refractivity contribution in [3.63, 3.8) is 0 Å². The third kappa shape index (κ3) is 3.86. The van der Waals surface area contributed by atoms with E-state index >= 15 is 0 Å². The van der Waals surface area contributed by atoms with Crippen molar-refractivity contribution >= 4 is 11.7 Å². The highest BCUT2D eigenvalue weighted by atomic mass is 19.1. The molecule has 1 rings (SSSR count). The van der Waals surface area contributed by atoms with Gasteiger partial charge in [0.15, 0.2) is 17.3 Å². The number of rotatable bonds is 5. The SMILES string of the molecule is CNC(=O)CCOc1ccc(C(C)=O)cc1F. The Labute approximate surface area is 98.8 Å². The Morgan fingerprint density at radius 3 is 2.65 bits per heavy atom. The number of carbonyl (C=O) groups excluding carboxylic acids is 2. The molecule has 0 saturated heterocycles. The van der Waals surface area contributed by atoms with Crippen molar-refractivity contribution in [1.82, 2.24) is 5.32 Å². The average Bonchev–Trinajstić information content (AvgIpc) is 2.30. The van der Waals surface area contributed by atoms with E-state index in [9.17, 15) is 14.0 Å². The van der Waals surface area contributed by atoms with E-state index < -0.39 is 5.82 Å². The fraction of sp³-hybridized carbons (Fsp3) is 0.333. The number of ketones is 1. The molecule has 0 fully saturated rings. The second-order valence-corrected chi connectivity index (χ2v) is 3.47. The second kappa shape index (κ2) is 5.98. The minimum Gasteiger partial charge on any atom is -0.490 e. The molecule has 1 aromatic carbocycles. The summed E-state index contributed by atoms with van der Waals surface area (Å²) in [6.07, 6.45) is 0.157. The molecule has 1 N–H and O–H groups in total. The highest BCUT2D eigenvalue weighted by Crippen LogP contribution is 2.18. The number of nitrogens with one attached hydrogen (secondary N) is 1. The van der Waals surface area contributed by atoms with Gasteiger partial charge in [-0.05, 0) is 25.1 Å². The minimum absolute atomic E-state index is 0.0407. The monoisotopic (exact) mass is 239 g/mol. The van der Waals surface area contributed by atoms with E-state index in [4.69, 9.17) is 4.74 Å². The van der Waals surface area contributed by atoms with Crippen LogP contribution in [0.5, 0.6) is 5.75 Å². The van der Waals surface area contributed by atoms with Crippen LogP contribution < -0.4 is 10.1 Å². The van der Waals surface area contributed by atoms with Crippen molar-refractivity contribution in [3.8, 4) is 5.75 Å². The van der Waals surface area contributed by atoms with Gasteiger partial charge in [-0.3, -0.25) is 9.59 Å². The standard InChI is InChI=1S/C12H14FNO3/c1-8(15)9-3-4-11(10(13)7-9)17-6-5-12(16)14-2/h3-4,7H,5-6H2,1-2H3,(H,14,16). The van der Waals surface area contributed by atoms with E-state index in [1.807, 2.05) is 0 Å². The molecule has 0 spiro atoms. The zero-order chi connectivity index (χ0) is 12.8. The van der Waals surface area contributed by atoms with Gasteiger partial charge in [0.25, 0.3) is 0 Å². The molecule has 4 nitrogen and oxygen atoms in total. The molecule has 1 aromatic rings. The fourth-order valence-corrected chi connectivity index (χ4v) is 1.22. The van der Waals surface area contributed by atoms with Gasteiger partial charge in [-0.25, -0.2) is 4.39 Å². The van der Waals surface area contributed by atoms with Gasteiger partial charge in [0.2, 0.25) is 5.91 Å². The number of carbonyl (C=O) groups is 2. The lowest BCUT2D eigenvalue weighted by atomic mass is 10.1. The lowest BCUT2D eigenvalue weighted by Crippen LogP contribution is -2.20. The number of halogens is 1. The topological polar surface area (TPSA) is 55.4 Å². The normalized spacial score (nSPS) is 9.82. The number of hydrogen-bond donors (Lipinski definition) is 1. The molecule has 17 heavy (non-hydrogen) atoms. The zero-order valence-electron chi connectivity index (χ0n) is 9.75. The largest absolute Gasteiger partial charge is 0.490 e. The van der Waals surface area contributed by atoms with E-state index in [-0.39, 0.29) is 30.5 Å². The molecule has 92 valence electrons. The van der Waals surface area contributed by atoms with Crippen LogP contribution in [-0.4, -0.2) is 25.3 Å². The predicted molar refractivity (Wildman–Crippen MR) is 60.6 cm³/mol. The summed E-state index contributed by atoms with van der Waals surface area (Å²) in [6.45, 7) is 1.46. The van der Waals surface area contributed by atoms with Gasteiger partial charge < -0.3 is 10.1 Å². The lowest BCUT2D eigenvalue weighted by Gasteiger charge is -2.07. The van der Waals surface area contributed by atoms with Crippen molar-refractivity contribution < 1.29 is 18.7 Å². The minimum atomic E-state index is -0.602. The lowest BCUT2D eigenvalue weighted by molar-refractivity contribution is -0.121. The van der Waals surface area contributed by atoms with Crippen molar-refractivity contribution in [2.45, 2.75) is 13.3 Å². The van der Waals surface area contributed by atoms with E-state index in [0.717, 1.165) is 6.07 Å². The van der Waals surface area contributed by atoms with Crippen molar-refractivity contribution in [2.24, 2.45) is 0 Å². The molecule has 0 saturated carbocycles. The van der Waals surface area contributed by atoms with Gasteiger partial charge in [-0.15, -0.1) is 0 Å². The van der Waals surface area contributed by atoms with Crippen LogP contribution in [0.1, 0.15) is 23.7 Å². The Kier molecular flexibility index (Phi) is 4.63. The van der Waals surface area contributed by atoms with Crippen LogP contribution in [0.25, 0.3) is 0 Å². The molecule has 5 heteroatoms. The second-order valence-electron chi connectivity index (χ2n) is 3.47. The van der Waals surface area contributed by atoms with E-state index in [2.05, 4.69) is 5.32 Å². The van der Waals surface area contributed by atoms with Crippen molar-refractivity contribution in [2.75, 3.05) is 13.7 Å². The van der Waals surface area contributed by atoms with E-state index in [0.29, 0.717) is 5.56 Å². The number of benzene rings is 1. The van der Waals surface area contributed by atoms with Gasteiger partial charge >= 0.3 is 0 Å². The fourth-order valence-electron chi connectivity index (χ4n) is 1.22. The molecule has 0 atom stereocenters. The molecule has 0 unspecified atom stereocenters. The van der Waals surface area contributed by atoms with E-state index in [1.54, 1.807) is 0 Å². The first-order valence-corrected chi connectivity index (χ1v) is 5.18. The van der Waals surface area contributed by atoms with Crippen LogP contribution >= 0.6 is 0 Å². The van der Waals surface area contributed by atoms with Gasteiger partial charge in [0.05, 0.1) is 13.0 Å². The Balaban J connectivity index is 2.60. The molecule has 0 aliphatic heterocycles. The highest BCUT2D eigenvalue weighted by Gasteiger charge is 2.08. The highest BCUT2D eigenvalue weighted by molar-refractivity contribution is 5.94. The Hall–Kier alpha value is -1.91. The molecule has 0 aromatic heterocycles. The number of Topliss-reactive ketones (excluding diaryl/α,β-unsaturated/α-hetero) is 1. The maximum absolute atomic E-state index is 13.4. The van der Waals surface area contributed by atoms with Gasteiger partial charge in [0, 0.05) is 12.6 Å². The van der Waals surface area contributed by atoms with Crippen LogP contribution in [0, 0.1) is 5.82 Å². The summed E-state index contributed by atoms with van der Waals surface area (Å²) >= 11 is 0. The van der Waals surface area contributed by atoms with Gasteiger partial charge in [-0.1, -0.05) is 0 Å². The molecule has 0 heterocycles. The zero-order valence-corrected chi connectivity index (χ0v) is 9.75. The predicted octanol–water partition coefficient (Wildman–Crippen LogP) is 1.54. The molecule has 0 aliphatic carbocycles. The molecule has 1 amide bonds. The Morgan fingerprint density at radius 1 is 1.41 bits per heavy atom. The Bertz CT molecular complexity index is 432. The number of hydrogen-bond acceptors (Lipinski definition) is 3. The summed E-state index contributed by atoms with van der Waals surface area (Å²) in [5.41, 5.74) is 0.293. The molecule has 0 aliphatic rings. The maximum atomic E-state index is 13.4. The number of ether oxygens (including phenoxy) is 1. The first-order chi connectivity index (χ1) is 8.04. The molecule has 0 bridgehead atoms. The quantitative estimate of drug-likeness (QED) is 0.793. The van der Waals surface area contributed by atoms with Crippen molar-refractivity contribution in [1.29, 1.82) is 0 Å². The third-order valence-corrected chi connectivity index (χ3v) is 2.20. The smallest absolute Gasteiger partial charge is 0.223 e. The first-order valence-electron chi connectivity index (χ1n) is 5.18. The maximum Gasteiger partial charge on any atom is 0.223 e. The van der Waals surface area contributed by atoms with Crippen molar-refractivity contribution in [3.05, 3.63) is 29.6 Å². The Morgan fingerprint density at radius 2 is 2.12 bits per heavy atom. The van der Waals surface area contributed by atoms with E-state index in [1.165, 1.54) is 26.1 Å². The molecular formula is C12H14FNO3. The van der Waals surface area contributed by atoms with Crippen LogP contribution in [-0.2, 0) is 4.79 Å². The summed E-state index contributed by atoms with van der Waals surface area (Å²) in [4.78, 5) is 21.9. The summed E-state index contributed by atoms with van der Waals surface area (Å²) in [5, 5.41) is 2.43. The summed E-state index contributed by atoms with van der Waals surface area (Å²) in [6, 6.07) is 3.99. The average molecular weight is 239 g/mol. The number of amides is 1. The summed E-state index contributed by atoms with van der Waals surface area (Å²) in [5.74, 6) is -0.944. The van der Waals surface area contributed by atoms with Gasteiger partial charge in [0.1, 0.15) is 0 Å². The molecular weight excluding hydrogens is 225 g/mol. The van der Waals surface area contributed by atoms with Crippen LogP contribution in [0.4, 0.5) is 4.39 Å². The van der Waals surface area contributed by atoms with Crippen LogP contribution in [0.3, 0.4) is 0 Å². The summed E-state index contributed by atoms with van der Waals surface area (Å²) < 4.78 is 18.5. The van der Waals surface area contributed by atoms with Crippen LogP contribution in [0.2, 0.25) is 0 Å².